The monoisotopic (exact) mass is 356 g/mol. The van der Waals surface area contributed by atoms with Crippen LogP contribution in [0.25, 0.3) is 0 Å². The van der Waals surface area contributed by atoms with Gasteiger partial charge in [0, 0.05) is 24.4 Å². The van der Waals surface area contributed by atoms with Crippen LogP contribution >= 0.6 is 0 Å². The van der Waals surface area contributed by atoms with Gasteiger partial charge in [0.05, 0.1) is 14.2 Å². The van der Waals surface area contributed by atoms with E-state index in [1.165, 1.54) is 26.0 Å². The van der Waals surface area contributed by atoms with E-state index in [1.54, 1.807) is 18.2 Å². The van der Waals surface area contributed by atoms with Crippen LogP contribution in [0, 0.1) is 13.8 Å². The number of anilines is 2. The van der Waals surface area contributed by atoms with Gasteiger partial charge < -0.3 is 19.7 Å². The van der Waals surface area contributed by atoms with Crippen LogP contribution in [0.3, 0.4) is 0 Å². The molecule has 2 aromatic rings. The Morgan fingerprint density at radius 2 is 1.69 bits per heavy atom. The Morgan fingerprint density at radius 1 is 1.00 bits per heavy atom. The van der Waals surface area contributed by atoms with Gasteiger partial charge in [-0.05, 0) is 37.6 Å². The molecule has 2 amide bonds. The zero-order chi connectivity index (χ0) is 19.3. The van der Waals surface area contributed by atoms with E-state index in [0.29, 0.717) is 17.2 Å². The molecule has 0 aliphatic heterocycles. The predicted octanol–water partition coefficient (Wildman–Crippen LogP) is 3.31. The summed E-state index contributed by atoms with van der Waals surface area (Å²) in [5.41, 5.74) is 3.39. The van der Waals surface area contributed by atoms with E-state index >= 15 is 0 Å². The molecule has 0 aliphatic carbocycles. The van der Waals surface area contributed by atoms with E-state index in [-0.39, 0.29) is 18.4 Å². The van der Waals surface area contributed by atoms with Crippen molar-refractivity contribution in [3.05, 3.63) is 47.5 Å². The fourth-order valence-corrected chi connectivity index (χ4v) is 2.66. The SMILES string of the molecule is COc1ccc(N(CC(=O)Nc2ccc(C)cc2C)C(C)=O)cc1OC. The van der Waals surface area contributed by atoms with Crippen molar-refractivity contribution in [1.82, 2.24) is 0 Å². The predicted molar refractivity (Wildman–Crippen MR) is 102 cm³/mol. The first kappa shape index (κ1) is 19.3. The van der Waals surface area contributed by atoms with Crippen LogP contribution < -0.4 is 19.7 Å². The lowest BCUT2D eigenvalue weighted by Gasteiger charge is -2.22. The van der Waals surface area contributed by atoms with Gasteiger partial charge in [0.2, 0.25) is 11.8 Å². The summed E-state index contributed by atoms with van der Waals surface area (Å²) in [6.07, 6.45) is 0. The van der Waals surface area contributed by atoms with Crippen LogP contribution in [-0.2, 0) is 9.59 Å². The molecular formula is C20H24N2O4. The fourth-order valence-electron chi connectivity index (χ4n) is 2.66. The molecule has 0 unspecified atom stereocenters. The largest absolute Gasteiger partial charge is 0.493 e. The summed E-state index contributed by atoms with van der Waals surface area (Å²) in [6.45, 7) is 5.24. The number of carbonyl (C=O) groups excluding carboxylic acids is 2. The topological polar surface area (TPSA) is 67.9 Å². The molecule has 0 bridgehead atoms. The van der Waals surface area contributed by atoms with Crippen molar-refractivity contribution in [3.8, 4) is 11.5 Å². The van der Waals surface area contributed by atoms with Crippen molar-refractivity contribution in [1.29, 1.82) is 0 Å². The first-order valence-corrected chi connectivity index (χ1v) is 8.23. The molecule has 0 saturated heterocycles. The minimum atomic E-state index is -0.276. The van der Waals surface area contributed by atoms with E-state index < -0.39 is 0 Å². The van der Waals surface area contributed by atoms with Gasteiger partial charge in [-0.3, -0.25) is 9.59 Å². The Hall–Kier alpha value is -3.02. The number of aryl methyl sites for hydroxylation is 2. The number of nitrogens with zero attached hydrogens (tertiary/aromatic N) is 1. The molecule has 6 nitrogen and oxygen atoms in total. The Morgan fingerprint density at radius 3 is 2.27 bits per heavy atom. The minimum Gasteiger partial charge on any atom is -0.493 e. The van der Waals surface area contributed by atoms with Gasteiger partial charge in [0.1, 0.15) is 6.54 Å². The first-order valence-electron chi connectivity index (χ1n) is 8.23. The number of carbonyl (C=O) groups is 2. The number of hydrogen-bond acceptors (Lipinski definition) is 4. The van der Waals surface area contributed by atoms with Crippen LogP contribution in [0.1, 0.15) is 18.1 Å². The van der Waals surface area contributed by atoms with Crippen molar-refractivity contribution >= 4 is 23.2 Å². The lowest BCUT2D eigenvalue weighted by molar-refractivity contribution is -0.120. The van der Waals surface area contributed by atoms with E-state index in [1.807, 2.05) is 32.0 Å². The summed E-state index contributed by atoms with van der Waals surface area (Å²) in [4.78, 5) is 25.9. The molecule has 2 aromatic carbocycles. The molecule has 2 rings (SSSR count). The van der Waals surface area contributed by atoms with Gasteiger partial charge in [-0.25, -0.2) is 0 Å². The molecule has 0 aromatic heterocycles. The lowest BCUT2D eigenvalue weighted by atomic mass is 10.1. The summed E-state index contributed by atoms with van der Waals surface area (Å²) in [7, 11) is 3.06. The summed E-state index contributed by atoms with van der Waals surface area (Å²) in [6, 6.07) is 10.9. The number of rotatable bonds is 6. The zero-order valence-corrected chi connectivity index (χ0v) is 15.8. The number of methoxy groups -OCH3 is 2. The molecule has 0 atom stereocenters. The average molecular weight is 356 g/mol. The molecule has 0 saturated carbocycles. The van der Waals surface area contributed by atoms with Crippen molar-refractivity contribution in [2.24, 2.45) is 0 Å². The van der Waals surface area contributed by atoms with Crippen LogP contribution in [-0.4, -0.2) is 32.6 Å². The zero-order valence-electron chi connectivity index (χ0n) is 15.8. The van der Waals surface area contributed by atoms with Crippen LogP contribution in [0.2, 0.25) is 0 Å². The van der Waals surface area contributed by atoms with E-state index in [0.717, 1.165) is 16.8 Å². The molecule has 6 heteroatoms. The highest BCUT2D eigenvalue weighted by molar-refractivity contribution is 6.02. The highest BCUT2D eigenvalue weighted by atomic mass is 16.5. The van der Waals surface area contributed by atoms with Gasteiger partial charge in [0.15, 0.2) is 11.5 Å². The third kappa shape index (κ3) is 4.53. The maximum Gasteiger partial charge on any atom is 0.244 e. The second-order valence-corrected chi connectivity index (χ2v) is 6.01. The summed E-state index contributed by atoms with van der Waals surface area (Å²) >= 11 is 0. The van der Waals surface area contributed by atoms with Crippen molar-refractivity contribution in [3.63, 3.8) is 0 Å². The van der Waals surface area contributed by atoms with Crippen molar-refractivity contribution in [2.75, 3.05) is 31.0 Å². The van der Waals surface area contributed by atoms with Gasteiger partial charge >= 0.3 is 0 Å². The molecular weight excluding hydrogens is 332 g/mol. The smallest absolute Gasteiger partial charge is 0.244 e. The van der Waals surface area contributed by atoms with Gasteiger partial charge in [-0.2, -0.15) is 0 Å². The number of nitrogens with one attached hydrogen (secondary N) is 1. The average Bonchev–Trinajstić information content (AvgIpc) is 2.61. The molecule has 1 N–H and O–H groups in total. The van der Waals surface area contributed by atoms with Gasteiger partial charge in [-0.15, -0.1) is 0 Å². The molecule has 0 radical (unpaired) electrons. The third-order valence-corrected chi connectivity index (χ3v) is 4.02. The number of amides is 2. The lowest BCUT2D eigenvalue weighted by Crippen LogP contribution is -2.36. The normalized spacial score (nSPS) is 10.2. The van der Waals surface area contributed by atoms with Crippen molar-refractivity contribution < 1.29 is 19.1 Å². The first-order chi connectivity index (χ1) is 12.3. The highest BCUT2D eigenvalue weighted by Gasteiger charge is 2.18. The van der Waals surface area contributed by atoms with E-state index in [9.17, 15) is 9.59 Å². The number of hydrogen-bond donors (Lipinski definition) is 1. The van der Waals surface area contributed by atoms with Crippen molar-refractivity contribution in [2.45, 2.75) is 20.8 Å². The standard InChI is InChI=1S/C20H24N2O4/c1-13-6-8-17(14(2)10-13)21-20(24)12-22(15(3)23)16-7-9-18(25-4)19(11-16)26-5/h6-11H,12H2,1-5H3,(H,21,24). The Balaban J connectivity index is 2.20. The molecule has 0 spiro atoms. The third-order valence-electron chi connectivity index (χ3n) is 4.02. The van der Waals surface area contributed by atoms with E-state index in [4.69, 9.17) is 9.47 Å². The summed E-state index contributed by atoms with van der Waals surface area (Å²) in [5.74, 6) is 0.528. The Labute approximate surface area is 153 Å². The van der Waals surface area contributed by atoms with Gasteiger partial charge in [0.25, 0.3) is 0 Å². The van der Waals surface area contributed by atoms with E-state index in [2.05, 4.69) is 5.32 Å². The minimum absolute atomic E-state index is 0.0991. The maximum atomic E-state index is 12.5. The van der Waals surface area contributed by atoms with Crippen LogP contribution in [0.15, 0.2) is 36.4 Å². The highest BCUT2D eigenvalue weighted by Crippen LogP contribution is 2.31. The number of benzene rings is 2. The summed E-state index contributed by atoms with van der Waals surface area (Å²) < 4.78 is 10.5. The molecule has 0 heterocycles. The Kier molecular flexibility index (Phi) is 6.22. The second-order valence-electron chi connectivity index (χ2n) is 6.01. The Bertz CT molecular complexity index is 817. The number of ether oxygens (including phenoxy) is 2. The molecule has 138 valence electrons. The molecule has 0 fully saturated rings. The molecule has 26 heavy (non-hydrogen) atoms. The summed E-state index contributed by atoms with van der Waals surface area (Å²) in [5, 5.41) is 2.85. The fraction of sp³-hybridized carbons (Fsp3) is 0.300. The maximum absolute atomic E-state index is 12.5. The molecule has 0 aliphatic rings. The van der Waals surface area contributed by atoms with Crippen LogP contribution in [0.4, 0.5) is 11.4 Å². The van der Waals surface area contributed by atoms with Crippen LogP contribution in [0.5, 0.6) is 11.5 Å². The second kappa shape index (κ2) is 8.38. The van der Waals surface area contributed by atoms with Gasteiger partial charge in [-0.1, -0.05) is 17.7 Å². The quantitative estimate of drug-likeness (QED) is 0.862.